The van der Waals surface area contributed by atoms with Gasteiger partial charge in [-0.15, -0.1) is 0 Å². The summed E-state index contributed by atoms with van der Waals surface area (Å²) in [5.41, 5.74) is 1.62. The van der Waals surface area contributed by atoms with Gasteiger partial charge in [0.15, 0.2) is 11.5 Å². The van der Waals surface area contributed by atoms with Crippen molar-refractivity contribution in [3.63, 3.8) is 0 Å². The number of non-ortho nitro benzene ring substituents is 1. The molecule has 0 radical (unpaired) electrons. The van der Waals surface area contributed by atoms with Crippen molar-refractivity contribution in [3.8, 4) is 17.6 Å². The SMILES string of the molecule is COc1cccc(CN(C)c2ccc([N+](=O)[O-])cc2C#N)c1OC. The maximum absolute atomic E-state index is 10.8. The van der Waals surface area contributed by atoms with Crippen molar-refractivity contribution in [1.29, 1.82) is 5.26 Å². The Balaban J connectivity index is 2.36. The van der Waals surface area contributed by atoms with Crippen molar-refractivity contribution in [2.24, 2.45) is 0 Å². The van der Waals surface area contributed by atoms with Crippen LogP contribution in [-0.2, 0) is 6.54 Å². The molecule has 0 aromatic heterocycles. The van der Waals surface area contributed by atoms with Gasteiger partial charge in [0.1, 0.15) is 6.07 Å². The minimum Gasteiger partial charge on any atom is -0.493 e. The van der Waals surface area contributed by atoms with Crippen molar-refractivity contribution in [2.45, 2.75) is 6.54 Å². The molecule has 0 bridgehead atoms. The number of para-hydroxylation sites is 1. The average molecular weight is 327 g/mol. The minimum atomic E-state index is -0.518. The van der Waals surface area contributed by atoms with Crippen LogP contribution in [0.1, 0.15) is 11.1 Å². The molecule has 0 saturated carbocycles. The number of nitro groups is 1. The Bertz CT molecular complexity index is 799. The number of nitriles is 1. The fourth-order valence-electron chi connectivity index (χ4n) is 2.48. The lowest BCUT2D eigenvalue weighted by molar-refractivity contribution is -0.384. The van der Waals surface area contributed by atoms with Crippen LogP contribution in [0.2, 0.25) is 0 Å². The van der Waals surface area contributed by atoms with Crippen molar-refractivity contribution in [2.75, 3.05) is 26.2 Å². The van der Waals surface area contributed by atoms with E-state index in [9.17, 15) is 15.4 Å². The van der Waals surface area contributed by atoms with E-state index in [4.69, 9.17) is 9.47 Å². The van der Waals surface area contributed by atoms with Gasteiger partial charge < -0.3 is 14.4 Å². The molecule has 124 valence electrons. The van der Waals surface area contributed by atoms with Crippen LogP contribution in [0.4, 0.5) is 11.4 Å². The topological polar surface area (TPSA) is 88.6 Å². The molecule has 0 saturated heterocycles. The maximum atomic E-state index is 10.8. The summed E-state index contributed by atoms with van der Waals surface area (Å²) in [5.74, 6) is 1.24. The molecular weight excluding hydrogens is 310 g/mol. The van der Waals surface area contributed by atoms with Crippen molar-refractivity contribution < 1.29 is 14.4 Å². The van der Waals surface area contributed by atoms with Crippen molar-refractivity contribution >= 4 is 11.4 Å². The van der Waals surface area contributed by atoms with Crippen molar-refractivity contribution in [3.05, 3.63) is 57.6 Å². The second kappa shape index (κ2) is 7.33. The van der Waals surface area contributed by atoms with Gasteiger partial charge in [0.05, 0.1) is 30.4 Å². The van der Waals surface area contributed by atoms with Gasteiger partial charge in [-0.05, 0) is 12.1 Å². The summed E-state index contributed by atoms with van der Waals surface area (Å²) in [7, 11) is 4.93. The van der Waals surface area contributed by atoms with Crippen LogP contribution in [0.15, 0.2) is 36.4 Å². The zero-order valence-electron chi connectivity index (χ0n) is 13.6. The van der Waals surface area contributed by atoms with Crippen LogP contribution in [0, 0.1) is 21.4 Å². The highest BCUT2D eigenvalue weighted by atomic mass is 16.6. The molecule has 0 N–H and O–H groups in total. The number of hydrogen-bond donors (Lipinski definition) is 0. The highest BCUT2D eigenvalue weighted by Gasteiger charge is 2.16. The highest BCUT2D eigenvalue weighted by Crippen LogP contribution is 2.33. The monoisotopic (exact) mass is 327 g/mol. The molecule has 2 rings (SSSR count). The molecule has 0 aliphatic carbocycles. The Hall–Kier alpha value is -3.27. The minimum absolute atomic E-state index is 0.109. The third-order valence-electron chi connectivity index (χ3n) is 3.61. The van der Waals surface area contributed by atoms with Crippen LogP contribution >= 0.6 is 0 Å². The van der Waals surface area contributed by atoms with Gasteiger partial charge in [-0.2, -0.15) is 5.26 Å². The normalized spacial score (nSPS) is 9.92. The van der Waals surface area contributed by atoms with Gasteiger partial charge in [-0.1, -0.05) is 12.1 Å². The largest absolute Gasteiger partial charge is 0.493 e. The Kier molecular flexibility index (Phi) is 5.22. The molecule has 0 aliphatic rings. The van der Waals surface area contributed by atoms with Crippen LogP contribution in [0.25, 0.3) is 0 Å². The van der Waals surface area contributed by atoms with E-state index in [1.54, 1.807) is 33.4 Å². The third-order valence-corrected chi connectivity index (χ3v) is 3.61. The first-order valence-corrected chi connectivity index (χ1v) is 7.11. The van der Waals surface area contributed by atoms with E-state index >= 15 is 0 Å². The van der Waals surface area contributed by atoms with Gasteiger partial charge in [0.25, 0.3) is 5.69 Å². The van der Waals surface area contributed by atoms with E-state index in [2.05, 4.69) is 0 Å². The quantitative estimate of drug-likeness (QED) is 0.598. The fraction of sp³-hybridized carbons (Fsp3) is 0.235. The maximum Gasteiger partial charge on any atom is 0.270 e. The molecule has 0 fully saturated rings. The van der Waals surface area contributed by atoms with Crippen molar-refractivity contribution in [1.82, 2.24) is 0 Å². The zero-order valence-corrected chi connectivity index (χ0v) is 13.6. The average Bonchev–Trinajstić information content (AvgIpc) is 2.60. The summed E-state index contributed by atoms with van der Waals surface area (Å²) < 4.78 is 10.7. The fourth-order valence-corrected chi connectivity index (χ4v) is 2.48. The second-order valence-electron chi connectivity index (χ2n) is 5.08. The Morgan fingerprint density at radius 3 is 2.58 bits per heavy atom. The van der Waals surface area contributed by atoms with Gasteiger partial charge in [0, 0.05) is 31.3 Å². The second-order valence-corrected chi connectivity index (χ2v) is 5.08. The lowest BCUT2D eigenvalue weighted by atomic mass is 10.1. The van der Waals surface area contributed by atoms with E-state index in [1.165, 1.54) is 12.1 Å². The molecule has 7 heteroatoms. The molecule has 0 heterocycles. The van der Waals surface area contributed by atoms with E-state index in [0.717, 1.165) is 5.56 Å². The number of methoxy groups -OCH3 is 2. The summed E-state index contributed by atoms with van der Waals surface area (Å²) in [6.07, 6.45) is 0. The Morgan fingerprint density at radius 1 is 1.25 bits per heavy atom. The summed E-state index contributed by atoms with van der Waals surface area (Å²) >= 11 is 0. The smallest absolute Gasteiger partial charge is 0.270 e. The van der Waals surface area contributed by atoms with E-state index in [1.807, 2.05) is 23.1 Å². The number of nitrogens with zero attached hydrogens (tertiary/aromatic N) is 3. The lowest BCUT2D eigenvalue weighted by Gasteiger charge is -2.22. The molecule has 0 amide bonds. The third kappa shape index (κ3) is 3.38. The number of anilines is 1. The lowest BCUT2D eigenvalue weighted by Crippen LogP contribution is -2.18. The van der Waals surface area contributed by atoms with Gasteiger partial charge in [-0.25, -0.2) is 0 Å². The first-order chi connectivity index (χ1) is 11.5. The number of rotatable bonds is 6. The van der Waals surface area contributed by atoms with E-state index in [0.29, 0.717) is 23.7 Å². The summed E-state index contributed by atoms with van der Waals surface area (Å²) in [4.78, 5) is 12.2. The standard InChI is InChI=1S/C17H17N3O4/c1-19(11-12-5-4-6-16(23-2)17(12)24-3)15-8-7-14(20(21)22)9-13(15)10-18/h4-9H,11H2,1-3H3. The number of benzene rings is 2. The first kappa shape index (κ1) is 17.1. The highest BCUT2D eigenvalue weighted by molar-refractivity contribution is 5.63. The number of nitro benzene ring substituents is 1. The molecule has 0 unspecified atom stereocenters. The molecule has 24 heavy (non-hydrogen) atoms. The molecule has 0 atom stereocenters. The van der Waals surface area contributed by atoms with Crippen LogP contribution in [-0.4, -0.2) is 26.2 Å². The number of hydrogen-bond acceptors (Lipinski definition) is 6. The Morgan fingerprint density at radius 2 is 2.00 bits per heavy atom. The molecule has 2 aromatic carbocycles. The summed E-state index contributed by atoms with van der Waals surface area (Å²) in [5, 5.41) is 20.1. The van der Waals surface area contributed by atoms with Crippen LogP contribution in [0.3, 0.4) is 0 Å². The molecule has 2 aromatic rings. The van der Waals surface area contributed by atoms with Gasteiger partial charge in [-0.3, -0.25) is 10.1 Å². The van der Waals surface area contributed by atoms with Crippen LogP contribution in [0.5, 0.6) is 11.5 Å². The summed E-state index contributed by atoms with van der Waals surface area (Å²) in [6, 6.07) is 11.8. The predicted molar refractivity (Wildman–Crippen MR) is 89.5 cm³/mol. The molecular formula is C17H17N3O4. The molecule has 0 aliphatic heterocycles. The zero-order chi connectivity index (χ0) is 17.7. The first-order valence-electron chi connectivity index (χ1n) is 7.11. The number of ether oxygens (including phenoxy) is 2. The van der Waals surface area contributed by atoms with Gasteiger partial charge >= 0.3 is 0 Å². The van der Waals surface area contributed by atoms with Crippen LogP contribution < -0.4 is 14.4 Å². The van der Waals surface area contributed by atoms with E-state index < -0.39 is 4.92 Å². The Labute approximate surface area is 139 Å². The summed E-state index contributed by atoms with van der Waals surface area (Å²) in [6.45, 7) is 0.451. The molecule has 0 spiro atoms. The molecule has 7 nitrogen and oxygen atoms in total. The van der Waals surface area contributed by atoms with E-state index in [-0.39, 0.29) is 11.3 Å². The van der Waals surface area contributed by atoms with Gasteiger partial charge in [0.2, 0.25) is 0 Å². The predicted octanol–water partition coefficient (Wildman–Crippen LogP) is 3.12.